The number of hydrogen-bond acceptors (Lipinski definition) is 4. The second-order valence-corrected chi connectivity index (χ2v) is 9.77. The number of piperidine rings is 1. The van der Waals surface area contributed by atoms with E-state index >= 15 is 0 Å². The number of benzene rings is 2. The summed E-state index contributed by atoms with van der Waals surface area (Å²) in [5.74, 6) is -0.851. The predicted molar refractivity (Wildman–Crippen MR) is 139 cm³/mol. The zero-order valence-electron chi connectivity index (χ0n) is 20.4. The Morgan fingerprint density at radius 3 is 1.97 bits per heavy atom. The maximum absolute atomic E-state index is 13.2. The molecule has 1 saturated carbocycles. The Kier molecular flexibility index (Phi) is 7.28. The summed E-state index contributed by atoms with van der Waals surface area (Å²) in [4.78, 5) is 41.7. The maximum atomic E-state index is 13.2. The van der Waals surface area contributed by atoms with Gasteiger partial charge in [-0.05, 0) is 36.8 Å². The summed E-state index contributed by atoms with van der Waals surface area (Å²) in [6, 6.07) is 20.2. The van der Waals surface area contributed by atoms with Crippen molar-refractivity contribution in [3.63, 3.8) is 0 Å². The van der Waals surface area contributed by atoms with Crippen molar-refractivity contribution in [1.29, 1.82) is 0 Å². The van der Waals surface area contributed by atoms with E-state index in [0.29, 0.717) is 6.54 Å². The average Bonchev–Trinajstić information content (AvgIpc) is 3.75. The molecule has 0 unspecified atom stereocenters. The molecular weight excluding hydrogens is 452 g/mol. The van der Waals surface area contributed by atoms with Crippen LogP contribution in [0, 0.1) is 0 Å². The fraction of sp³-hybridized carbons (Fsp3) is 0.345. The van der Waals surface area contributed by atoms with E-state index < -0.39 is 17.2 Å². The number of likely N-dealkylation sites (tertiary alicyclic amines) is 1. The van der Waals surface area contributed by atoms with Gasteiger partial charge in [0.2, 0.25) is 5.43 Å². The van der Waals surface area contributed by atoms with Crippen LogP contribution in [0.5, 0.6) is 0 Å². The molecule has 36 heavy (non-hydrogen) atoms. The molecule has 0 bridgehead atoms. The Bertz CT molecular complexity index is 1260. The van der Waals surface area contributed by atoms with Crippen LogP contribution in [0.25, 0.3) is 0 Å². The lowest BCUT2D eigenvalue weighted by Crippen LogP contribution is -2.45. The molecule has 0 atom stereocenters. The van der Waals surface area contributed by atoms with Crippen LogP contribution in [0.1, 0.15) is 63.6 Å². The zero-order valence-corrected chi connectivity index (χ0v) is 20.4. The van der Waals surface area contributed by atoms with Crippen LogP contribution in [-0.4, -0.2) is 40.4 Å². The first-order chi connectivity index (χ1) is 17.6. The van der Waals surface area contributed by atoms with Crippen LogP contribution in [0.3, 0.4) is 0 Å². The van der Waals surface area contributed by atoms with Crippen LogP contribution in [0.4, 0.5) is 0 Å². The third-order valence-electron chi connectivity index (χ3n) is 6.97. The lowest BCUT2D eigenvalue weighted by molar-refractivity contribution is 0.0907. The third kappa shape index (κ3) is 5.91. The van der Waals surface area contributed by atoms with E-state index in [-0.39, 0.29) is 23.2 Å². The second-order valence-electron chi connectivity index (χ2n) is 9.77. The van der Waals surface area contributed by atoms with Crippen LogP contribution in [0.15, 0.2) is 77.9 Å². The predicted octanol–water partition coefficient (Wildman–Crippen LogP) is 3.51. The van der Waals surface area contributed by atoms with Crippen molar-refractivity contribution < 1.29 is 9.59 Å². The van der Waals surface area contributed by atoms with Crippen LogP contribution < -0.4 is 16.1 Å². The minimum absolute atomic E-state index is 0.00821. The highest BCUT2D eigenvalue weighted by Gasteiger charge is 2.28. The van der Waals surface area contributed by atoms with E-state index in [4.69, 9.17) is 0 Å². The highest BCUT2D eigenvalue weighted by molar-refractivity contribution is 5.99. The number of hydrogen-bond donors (Lipinski definition) is 2. The van der Waals surface area contributed by atoms with Crippen molar-refractivity contribution >= 4 is 11.8 Å². The molecule has 2 N–H and O–H groups in total. The summed E-state index contributed by atoms with van der Waals surface area (Å²) >= 11 is 0. The number of carbonyl (C=O) groups is 2. The minimum Gasteiger partial charge on any atom is -0.349 e. The first kappa shape index (κ1) is 24.0. The number of aromatic nitrogens is 1. The molecule has 0 spiro atoms. The molecule has 0 radical (unpaired) electrons. The monoisotopic (exact) mass is 484 g/mol. The number of pyridine rings is 1. The van der Waals surface area contributed by atoms with Gasteiger partial charge >= 0.3 is 0 Å². The van der Waals surface area contributed by atoms with E-state index in [9.17, 15) is 14.4 Å². The summed E-state index contributed by atoms with van der Waals surface area (Å²) in [6.45, 7) is 2.98. The molecule has 7 nitrogen and oxygen atoms in total. The fourth-order valence-corrected chi connectivity index (χ4v) is 4.72. The summed E-state index contributed by atoms with van der Waals surface area (Å²) < 4.78 is 1.86. The molecule has 1 aromatic heterocycles. The Morgan fingerprint density at radius 2 is 1.36 bits per heavy atom. The van der Waals surface area contributed by atoms with Crippen molar-refractivity contribution in [1.82, 2.24) is 20.1 Å². The molecule has 2 aliphatic rings. The van der Waals surface area contributed by atoms with Gasteiger partial charge in [-0.2, -0.15) is 0 Å². The first-order valence-corrected chi connectivity index (χ1v) is 12.7. The summed E-state index contributed by atoms with van der Waals surface area (Å²) in [7, 11) is 0. The highest BCUT2D eigenvalue weighted by Crippen LogP contribution is 2.34. The number of rotatable bonds is 8. The van der Waals surface area contributed by atoms with Crippen molar-refractivity contribution in [3.8, 4) is 0 Å². The van der Waals surface area contributed by atoms with Gasteiger partial charge in [-0.15, -0.1) is 0 Å². The lowest BCUT2D eigenvalue weighted by Gasteiger charge is -2.32. The first-order valence-electron chi connectivity index (χ1n) is 12.7. The van der Waals surface area contributed by atoms with Crippen molar-refractivity contribution in [3.05, 3.63) is 106 Å². The van der Waals surface area contributed by atoms with Crippen LogP contribution in [-0.2, 0) is 13.1 Å². The molecule has 2 heterocycles. The van der Waals surface area contributed by atoms with E-state index in [1.54, 1.807) is 12.4 Å². The van der Waals surface area contributed by atoms with Gasteiger partial charge in [0.1, 0.15) is 11.1 Å². The smallest absolute Gasteiger partial charge is 0.257 e. The Morgan fingerprint density at radius 1 is 0.778 bits per heavy atom. The molecule has 2 amide bonds. The number of carbonyl (C=O) groups excluding carboxylic acids is 2. The van der Waals surface area contributed by atoms with Crippen molar-refractivity contribution in [2.45, 2.75) is 50.9 Å². The Labute approximate surface area is 211 Å². The van der Waals surface area contributed by atoms with Crippen LogP contribution in [0.2, 0.25) is 0 Å². The molecule has 2 fully saturated rings. The molecular formula is C29H32N4O3. The Balaban J connectivity index is 1.24. The minimum atomic E-state index is -0.517. The SMILES string of the molecule is O=C(NCc1ccccc1)c1cn(C2CC2)cc(C(=O)NC2CCN(Cc3ccccc3)CC2)c1=O. The maximum Gasteiger partial charge on any atom is 0.257 e. The quantitative estimate of drug-likeness (QED) is 0.513. The van der Waals surface area contributed by atoms with Gasteiger partial charge in [0, 0.05) is 50.7 Å². The molecule has 1 aliphatic carbocycles. The van der Waals surface area contributed by atoms with Gasteiger partial charge in [0.05, 0.1) is 0 Å². The summed E-state index contributed by atoms with van der Waals surface area (Å²) in [6.07, 6.45) is 6.83. The molecule has 1 aliphatic heterocycles. The number of nitrogens with one attached hydrogen (secondary N) is 2. The largest absolute Gasteiger partial charge is 0.349 e. The van der Waals surface area contributed by atoms with E-state index in [1.807, 2.05) is 53.1 Å². The van der Waals surface area contributed by atoms with E-state index in [0.717, 1.165) is 50.9 Å². The van der Waals surface area contributed by atoms with Gasteiger partial charge in [-0.25, -0.2) is 0 Å². The zero-order chi connectivity index (χ0) is 24.9. The number of nitrogens with zero attached hydrogens (tertiary/aromatic N) is 2. The highest BCUT2D eigenvalue weighted by atomic mass is 16.2. The molecule has 1 saturated heterocycles. The van der Waals surface area contributed by atoms with Gasteiger partial charge in [0.25, 0.3) is 11.8 Å². The lowest BCUT2D eigenvalue weighted by atomic mass is 10.0. The van der Waals surface area contributed by atoms with Gasteiger partial charge in [-0.1, -0.05) is 60.7 Å². The summed E-state index contributed by atoms with van der Waals surface area (Å²) in [5, 5.41) is 5.89. The van der Waals surface area contributed by atoms with Crippen LogP contribution >= 0.6 is 0 Å². The molecule has 3 aromatic rings. The normalized spacial score (nSPS) is 16.4. The van der Waals surface area contributed by atoms with Gasteiger partial charge in [-0.3, -0.25) is 19.3 Å². The number of amides is 2. The molecule has 2 aromatic carbocycles. The van der Waals surface area contributed by atoms with Gasteiger partial charge in [0.15, 0.2) is 0 Å². The van der Waals surface area contributed by atoms with Crippen molar-refractivity contribution in [2.75, 3.05) is 13.1 Å². The Hall–Kier alpha value is -3.71. The average molecular weight is 485 g/mol. The molecule has 186 valence electrons. The van der Waals surface area contributed by atoms with Crippen molar-refractivity contribution in [2.24, 2.45) is 0 Å². The summed E-state index contributed by atoms with van der Waals surface area (Å²) in [5.41, 5.74) is 1.77. The van der Waals surface area contributed by atoms with Gasteiger partial charge < -0.3 is 15.2 Å². The molecule has 7 heteroatoms. The van der Waals surface area contributed by atoms with E-state index in [1.165, 1.54) is 5.56 Å². The standard InChI is InChI=1S/C29H32N4O3/c34-27-25(28(35)30-17-21-7-3-1-4-8-21)19-33(24-11-12-24)20-26(27)29(36)31-23-13-15-32(16-14-23)18-22-9-5-2-6-10-22/h1-10,19-20,23-24H,11-18H2,(H,30,35)(H,31,36). The third-order valence-corrected chi connectivity index (χ3v) is 6.97. The topological polar surface area (TPSA) is 83.4 Å². The fourth-order valence-electron chi connectivity index (χ4n) is 4.72. The molecule has 5 rings (SSSR count). The second kappa shape index (κ2) is 10.9. The van der Waals surface area contributed by atoms with E-state index in [2.05, 4.69) is 27.7 Å².